The average molecular weight is 473 g/mol. The lowest BCUT2D eigenvalue weighted by molar-refractivity contribution is -0.114. The lowest BCUT2D eigenvalue weighted by Gasteiger charge is -2.24. The second-order valence-electron chi connectivity index (χ2n) is 6.89. The topological polar surface area (TPSA) is 92.8 Å². The number of anilines is 2. The van der Waals surface area contributed by atoms with Crippen LogP contribution in [0.4, 0.5) is 11.4 Å². The molecule has 0 saturated carbocycles. The summed E-state index contributed by atoms with van der Waals surface area (Å²) in [5.74, 6) is -1.25. The number of amides is 1. The molecule has 1 amide bonds. The first-order valence-electron chi connectivity index (χ1n) is 9.54. The molecular weight excluding hydrogens is 452 g/mol. The lowest BCUT2D eigenvalue weighted by Crippen LogP contribution is -2.38. The molecule has 0 heterocycles. The molecule has 0 bridgehead atoms. The Bertz CT molecular complexity index is 1230. The third-order valence-corrected chi connectivity index (χ3v) is 6.71. The van der Waals surface area contributed by atoms with Crippen molar-refractivity contribution < 1.29 is 22.7 Å². The quantitative estimate of drug-likeness (QED) is 0.518. The second kappa shape index (κ2) is 9.84. The van der Waals surface area contributed by atoms with Crippen molar-refractivity contribution in [3.05, 3.63) is 88.9 Å². The maximum absolute atomic E-state index is 13.3. The average Bonchev–Trinajstić information content (AvgIpc) is 2.79. The number of carbonyl (C=O) groups excluding carboxylic acids is 2. The zero-order valence-electron chi connectivity index (χ0n) is 17.4. The normalized spacial score (nSPS) is 11.0. The molecular formula is C23H21ClN2O5S. The van der Waals surface area contributed by atoms with Crippen LogP contribution in [0.2, 0.25) is 5.02 Å². The molecule has 0 aliphatic heterocycles. The van der Waals surface area contributed by atoms with Crippen LogP contribution in [0.5, 0.6) is 0 Å². The Morgan fingerprint density at radius 2 is 1.66 bits per heavy atom. The number of hydrogen-bond acceptors (Lipinski definition) is 5. The van der Waals surface area contributed by atoms with Gasteiger partial charge < -0.3 is 10.1 Å². The highest BCUT2D eigenvalue weighted by Gasteiger charge is 2.27. The van der Waals surface area contributed by atoms with Gasteiger partial charge in [0.05, 0.1) is 28.3 Å². The first kappa shape index (κ1) is 23.3. The van der Waals surface area contributed by atoms with Crippen LogP contribution in [0.15, 0.2) is 77.7 Å². The van der Waals surface area contributed by atoms with Crippen molar-refractivity contribution in [3.63, 3.8) is 0 Å². The molecule has 0 saturated heterocycles. The van der Waals surface area contributed by atoms with Crippen molar-refractivity contribution in [1.82, 2.24) is 0 Å². The predicted molar refractivity (Wildman–Crippen MR) is 124 cm³/mol. The number of benzene rings is 3. The second-order valence-corrected chi connectivity index (χ2v) is 9.16. The van der Waals surface area contributed by atoms with Crippen LogP contribution in [0, 0.1) is 6.92 Å². The number of carbonyl (C=O) groups is 2. The van der Waals surface area contributed by atoms with Gasteiger partial charge in [-0.1, -0.05) is 47.5 Å². The summed E-state index contributed by atoms with van der Waals surface area (Å²) in [4.78, 5) is 24.7. The van der Waals surface area contributed by atoms with E-state index >= 15 is 0 Å². The molecule has 0 atom stereocenters. The number of nitrogens with one attached hydrogen (secondary N) is 1. The number of ether oxygens (including phenoxy) is 1. The van der Waals surface area contributed by atoms with E-state index in [1.807, 2.05) is 6.92 Å². The molecule has 32 heavy (non-hydrogen) atoms. The Morgan fingerprint density at radius 1 is 1.00 bits per heavy atom. The first-order valence-corrected chi connectivity index (χ1v) is 11.4. The number of rotatable bonds is 7. The Hall–Kier alpha value is -3.36. The maximum Gasteiger partial charge on any atom is 0.339 e. The number of esters is 1. The molecule has 0 radical (unpaired) electrons. The minimum atomic E-state index is -4.01. The highest BCUT2D eigenvalue weighted by Crippen LogP contribution is 2.25. The van der Waals surface area contributed by atoms with Gasteiger partial charge in [0.25, 0.3) is 10.0 Å². The van der Waals surface area contributed by atoms with E-state index < -0.39 is 28.4 Å². The molecule has 0 fully saturated rings. The van der Waals surface area contributed by atoms with Gasteiger partial charge in [0, 0.05) is 5.69 Å². The van der Waals surface area contributed by atoms with E-state index in [-0.39, 0.29) is 21.2 Å². The summed E-state index contributed by atoms with van der Waals surface area (Å²) >= 11 is 6.01. The van der Waals surface area contributed by atoms with Gasteiger partial charge >= 0.3 is 5.97 Å². The van der Waals surface area contributed by atoms with Crippen LogP contribution in [0.3, 0.4) is 0 Å². The van der Waals surface area contributed by atoms with Crippen LogP contribution in [0.1, 0.15) is 15.9 Å². The Kier molecular flexibility index (Phi) is 7.17. The van der Waals surface area contributed by atoms with Gasteiger partial charge in [-0.2, -0.15) is 0 Å². The van der Waals surface area contributed by atoms with Crippen LogP contribution in [-0.4, -0.2) is 33.9 Å². The van der Waals surface area contributed by atoms with Gasteiger partial charge in [-0.05, 0) is 49.4 Å². The highest BCUT2D eigenvalue weighted by atomic mass is 35.5. The van der Waals surface area contributed by atoms with E-state index in [2.05, 4.69) is 10.1 Å². The van der Waals surface area contributed by atoms with Crippen molar-refractivity contribution in [2.24, 2.45) is 0 Å². The molecule has 0 unspecified atom stereocenters. The third-order valence-electron chi connectivity index (χ3n) is 4.60. The van der Waals surface area contributed by atoms with Crippen LogP contribution < -0.4 is 9.62 Å². The number of sulfonamides is 1. The Balaban J connectivity index is 1.91. The van der Waals surface area contributed by atoms with Gasteiger partial charge in [0.1, 0.15) is 6.54 Å². The fourth-order valence-corrected chi connectivity index (χ4v) is 4.58. The van der Waals surface area contributed by atoms with E-state index in [9.17, 15) is 18.0 Å². The van der Waals surface area contributed by atoms with E-state index in [1.165, 1.54) is 37.4 Å². The van der Waals surface area contributed by atoms with Crippen LogP contribution in [0.25, 0.3) is 0 Å². The SMILES string of the molecule is COC(=O)c1cc(NC(=O)CN(c2ccc(C)cc2)S(=O)(=O)c2ccccc2)ccc1Cl. The standard InChI is InChI=1S/C23H21ClN2O5S/c1-16-8-11-18(12-9-16)26(32(29,30)19-6-4-3-5-7-19)15-22(27)25-17-10-13-21(24)20(14-17)23(28)31-2/h3-14H,15H2,1-2H3,(H,25,27). The summed E-state index contributed by atoms with van der Waals surface area (Å²) in [6.07, 6.45) is 0. The molecule has 1 N–H and O–H groups in total. The fraction of sp³-hybridized carbons (Fsp3) is 0.130. The van der Waals surface area contributed by atoms with Crippen molar-refractivity contribution in [2.45, 2.75) is 11.8 Å². The van der Waals surface area contributed by atoms with Gasteiger partial charge in [-0.15, -0.1) is 0 Å². The Morgan fingerprint density at radius 3 is 2.28 bits per heavy atom. The number of nitrogens with zero attached hydrogens (tertiary/aromatic N) is 1. The maximum atomic E-state index is 13.3. The molecule has 3 aromatic rings. The third kappa shape index (κ3) is 5.27. The zero-order valence-corrected chi connectivity index (χ0v) is 19.0. The lowest BCUT2D eigenvalue weighted by atomic mass is 10.2. The first-order chi connectivity index (χ1) is 15.2. The predicted octanol–water partition coefficient (Wildman–Crippen LogP) is 4.27. The van der Waals surface area contributed by atoms with Gasteiger partial charge in [-0.3, -0.25) is 9.10 Å². The molecule has 3 aromatic carbocycles. The molecule has 0 spiro atoms. The molecule has 166 valence electrons. The van der Waals surface area contributed by atoms with E-state index in [4.69, 9.17) is 11.6 Å². The summed E-state index contributed by atoms with van der Waals surface area (Å²) in [5, 5.41) is 2.78. The molecule has 0 aliphatic rings. The summed E-state index contributed by atoms with van der Waals surface area (Å²) in [6.45, 7) is 1.41. The minimum absolute atomic E-state index is 0.0628. The molecule has 9 heteroatoms. The molecule has 0 aromatic heterocycles. The molecule has 7 nitrogen and oxygen atoms in total. The summed E-state index contributed by atoms with van der Waals surface area (Å²) in [5.41, 5.74) is 1.66. The summed E-state index contributed by atoms with van der Waals surface area (Å²) < 4.78 is 32.3. The molecule has 0 aliphatic carbocycles. The van der Waals surface area contributed by atoms with Crippen molar-refractivity contribution >= 4 is 44.9 Å². The van der Waals surface area contributed by atoms with Crippen molar-refractivity contribution in [1.29, 1.82) is 0 Å². The Labute approximate surface area is 191 Å². The van der Waals surface area contributed by atoms with Gasteiger partial charge in [-0.25, -0.2) is 13.2 Å². The van der Waals surface area contributed by atoms with Crippen LogP contribution >= 0.6 is 11.6 Å². The number of hydrogen-bond donors (Lipinski definition) is 1. The largest absolute Gasteiger partial charge is 0.465 e. The fourth-order valence-electron chi connectivity index (χ4n) is 2.95. The summed E-state index contributed by atoms with van der Waals surface area (Å²) in [6, 6.07) is 19.0. The molecule has 3 rings (SSSR count). The van der Waals surface area contributed by atoms with E-state index in [1.54, 1.807) is 42.5 Å². The van der Waals surface area contributed by atoms with Crippen molar-refractivity contribution in [2.75, 3.05) is 23.3 Å². The van der Waals surface area contributed by atoms with E-state index in [0.29, 0.717) is 5.69 Å². The smallest absolute Gasteiger partial charge is 0.339 e. The minimum Gasteiger partial charge on any atom is -0.465 e. The number of aryl methyl sites for hydroxylation is 1. The van der Waals surface area contributed by atoms with E-state index in [0.717, 1.165) is 9.87 Å². The monoisotopic (exact) mass is 472 g/mol. The number of methoxy groups -OCH3 is 1. The summed E-state index contributed by atoms with van der Waals surface area (Å²) in [7, 11) is -2.79. The van der Waals surface area contributed by atoms with Crippen LogP contribution in [-0.2, 0) is 19.6 Å². The highest BCUT2D eigenvalue weighted by molar-refractivity contribution is 7.92. The zero-order chi connectivity index (χ0) is 23.3. The number of halogens is 1. The van der Waals surface area contributed by atoms with Gasteiger partial charge in [0.2, 0.25) is 5.91 Å². The van der Waals surface area contributed by atoms with Crippen molar-refractivity contribution in [3.8, 4) is 0 Å². The van der Waals surface area contributed by atoms with Gasteiger partial charge in [0.15, 0.2) is 0 Å².